The molecule has 8 heteroatoms. The van der Waals surface area contributed by atoms with E-state index >= 15 is 0 Å². The van der Waals surface area contributed by atoms with Gasteiger partial charge in [-0.1, -0.05) is 53.7 Å². The molecule has 2 aromatic carbocycles. The highest BCUT2D eigenvalue weighted by Crippen LogP contribution is 2.29. The number of benzene rings is 2. The summed E-state index contributed by atoms with van der Waals surface area (Å²) >= 11 is 7.44. The van der Waals surface area contributed by atoms with Gasteiger partial charge in [-0.3, -0.25) is 4.57 Å². The minimum Gasteiger partial charge on any atom is -0.440 e. The molecule has 0 aliphatic heterocycles. The fourth-order valence-electron chi connectivity index (χ4n) is 2.81. The van der Waals surface area contributed by atoms with Crippen molar-refractivity contribution in [2.45, 2.75) is 17.5 Å². The van der Waals surface area contributed by atoms with E-state index in [-0.39, 0.29) is 5.82 Å². The van der Waals surface area contributed by atoms with Crippen molar-refractivity contribution in [2.24, 2.45) is 0 Å². The lowest BCUT2D eigenvalue weighted by atomic mass is 10.2. The second-order valence-electron chi connectivity index (χ2n) is 6.10. The summed E-state index contributed by atoms with van der Waals surface area (Å²) in [5.41, 5.74) is 1.26. The first-order valence-corrected chi connectivity index (χ1v) is 10.1. The van der Waals surface area contributed by atoms with Crippen molar-refractivity contribution < 1.29 is 8.81 Å². The Balaban J connectivity index is 1.55. The number of aromatic nitrogens is 4. The molecule has 2 heterocycles. The van der Waals surface area contributed by atoms with Gasteiger partial charge in [-0.2, -0.15) is 0 Å². The highest BCUT2D eigenvalue weighted by atomic mass is 35.5. The standard InChI is InChI=1S/C21H16ClFN4OS/c1-2-10-27-20(16-8-3-4-9-17(16)23)25-26-21(27)29-13-19-24-12-18(28-19)14-6-5-7-15(22)11-14/h2-9,11-12H,1,10,13H2. The first-order chi connectivity index (χ1) is 14.2. The number of nitrogens with zero attached hydrogens (tertiary/aromatic N) is 4. The number of allylic oxidation sites excluding steroid dienone is 1. The smallest absolute Gasteiger partial charge is 0.205 e. The molecule has 0 amide bonds. The lowest BCUT2D eigenvalue weighted by Crippen LogP contribution is -2.01. The van der Waals surface area contributed by atoms with Gasteiger partial charge >= 0.3 is 0 Å². The Kier molecular flexibility index (Phi) is 5.78. The van der Waals surface area contributed by atoms with E-state index in [9.17, 15) is 4.39 Å². The van der Waals surface area contributed by atoms with E-state index in [1.54, 1.807) is 36.5 Å². The van der Waals surface area contributed by atoms with Crippen LogP contribution in [0.2, 0.25) is 5.02 Å². The predicted molar refractivity (Wildman–Crippen MR) is 112 cm³/mol. The van der Waals surface area contributed by atoms with E-state index < -0.39 is 0 Å². The number of thioether (sulfide) groups is 1. The van der Waals surface area contributed by atoms with Crippen molar-refractivity contribution in [1.29, 1.82) is 0 Å². The molecule has 0 spiro atoms. The van der Waals surface area contributed by atoms with Crippen LogP contribution in [0.5, 0.6) is 0 Å². The van der Waals surface area contributed by atoms with Crippen LogP contribution >= 0.6 is 23.4 Å². The van der Waals surface area contributed by atoms with E-state index in [1.807, 2.05) is 22.8 Å². The minimum atomic E-state index is -0.347. The number of halogens is 2. The van der Waals surface area contributed by atoms with Crippen molar-refractivity contribution in [3.63, 3.8) is 0 Å². The summed E-state index contributed by atoms with van der Waals surface area (Å²) in [7, 11) is 0. The summed E-state index contributed by atoms with van der Waals surface area (Å²) in [5.74, 6) is 1.75. The number of hydrogen-bond acceptors (Lipinski definition) is 5. The van der Waals surface area contributed by atoms with Crippen LogP contribution in [0.15, 0.2) is 77.0 Å². The SMILES string of the molecule is C=CCn1c(SCc2ncc(-c3cccc(Cl)c3)o2)nnc1-c1ccccc1F. The molecule has 29 heavy (non-hydrogen) atoms. The molecule has 146 valence electrons. The maximum atomic E-state index is 14.2. The zero-order valence-corrected chi connectivity index (χ0v) is 16.8. The summed E-state index contributed by atoms with van der Waals surface area (Å²) in [6, 6.07) is 13.9. The van der Waals surface area contributed by atoms with E-state index in [2.05, 4.69) is 21.8 Å². The maximum absolute atomic E-state index is 14.2. The second kappa shape index (κ2) is 8.63. The van der Waals surface area contributed by atoms with Gasteiger partial charge in [0, 0.05) is 17.1 Å². The van der Waals surface area contributed by atoms with Gasteiger partial charge in [0.2, 0.25) is 5.89 Å². The van der Waals surface area contributed by atoms with Crippen LogP contribution in [0.1, 0.15) is 5.89 Å². The Labute approximate surface area is 176 Å². The minimum absolute atomic E-state index is 0.347. The summed E-state index contributed by atoms with van der Waals surface area (Å²) in [6.45, 7) is 4.23. The molecular weight excluding hydrogens is 411 g/mol. The van der Waals surface area contributed by atoms with Crippen LogP contribution in [-0.4, -0.2) is 19.7 Å². The quantitative estimate of drug-likeness (QED) is 0.273. The van der Waals surface area contributed by atoms with Crippen molar-refractivity contribution in [1.82, 2.24) is 19.7 Å². The number of hydrogen-bond donors (Lipinski definition) is 0. The molecular formula is C21H16ClFN4OS. The predicted octanol–water partition coefficient (Wildman–Crippen LogP) is 5.87. The monoisotopic (exact) mass is 426 g/mol. The molecule has 0 radical (unpaired) electrons. The van der Waals surface area contributed by atoms with Gasteiger partial charge in [-0.05, 0) is 24.3 Å². The zero-order valence-electron chi connectivity index (χ0n) is 15.3. The van der Waals surface area contributed by atoms with Crippen molar-refractivity contribution >= 4 is 23.4 Å². The third-order valence-electron chi connectivity index (χ3n) is 4.13. The fraction of sp³-hybridized carbons (Fsp3) is 0.0952. The van der Waals surface area contributed by atoms with Crippen LogP contribution in [0.3, 0.4) is 0 Å². The highest BCUT2D eigenvalue weighted by molar-refractivity contribution is 7.98. The van der Waals surface area contributed by atoms with Crippen LogP contribution in [-0.2, 0) is 12.3 Å². The van der Waals surface area contributed by atoms with E-state index in [1.165, 1.54) is 17.8 Å². The Hall–Kier alpha value is -2.90. The lowest BCUT2D eigenvalue weighted by Gasteiger charge is -2.07. The molecule has 2 aromatic heterocycles. The summed E-state index contributed by atoms with van der Waals surface area (Å²) < 4.78 is 21.8. The van der Waals surface area contributed by atoms with Crippen LogP contribution in [0.25, 0.3) is 22.7 Å². The van der Waals surface area contributed by atoms with Gasteiger partial charge in [0.05, 0.1) is 17.5 Å². The molecule has 0 bridgehead atoms. The molecule has 0 aliphatic carbocycles. The summed E-state index contributed by atoms with van der Waals surface area (Å²) in [6.07, 6.45) is 3.39. The molecule has 0 saturated carbocycles. The maximum Gasteiger partial charge on any atom is 0.205 e. The summed E-state index contributed by atoms with van der Waals surface area (Å²) in [5, 5.41) is 9.66. The highest BCUT2D eigenvalue weighted by Gasteiger charge is 2.17. The van der Waals surface area contributed by atoms with Crippen LogP contribution in [0.4, 0.5) is 4.39 Å². The molecule has 0 aliphatic rings. The molecule has 4 rings (SSSR count). The normalized spacial score (nSPS) is 11.0. The summed E-state index contributed by atoms with van der Waals surface area (Å²) in [4.78, 5) is 4.32. The fourth-order valence-corrected chi connectivity index (χ4v) is 3.80. The molecule has 4 aromatic rings. The van der Waals surface area contributed by atoms with Gasteiger partial charge < -0.3 is 4.42 Å². The Morgan fingerprint density at radius 2 is 2.03 bits per heavy atom. The van der Waals surface area contributed by atoms with Crippen LogP contribution < -0.4 is 0 Å². The molecule has 0 atom stereocenters. The topological polar surface area (TPSA) is 56.7 Å². The van der Waals surface area contributed by atoms with E-state index in [0.717, 1.165) is 5.56 Å². The Morgan fingerprint density at radius 3 is 2.83 bits per heavy atom. The molecule has 5 nitrogen and oxygen atoms in total. The molecule has 0 fully saturated rings. The van der Waals surface area contributed by atoms with E-state index in [0.29, 0.717) is 45.5 Å². The van der Waals surface area contributed by atoms with Crippen LogP contribution in [0, 0.1) is 5.82 Å². The van der Waals surface area contributed by atoms with E-state index in [4.69, 9.17) is 16.0 Å². The average Bonchev–Trinajstić information content (AvgIpc) is 3.35. The third-order valence-corrected chi connectivity index (χ3v) is 5.32. The molecule has 0 unspecified atom stereocenters. The van der Waals surface area contributed by atoms with Crippen molar-refractivity contribution in [3.8, 4) is 22.7 Å². The van der Waals surface area contributed by atoms with Gasteiger partial charge in [0.15, 0.2) is 16.7 Å². The Morgan fingerprint density at radius 1 is 1.17 bits per heavy atom. The van der Waals surface area contributed by atoms with Gasteiger partial charge in [-0.25, -0.2) is 9.37 Å². The number of rotatable bonds is 7. The molecule has 0 saturated heterocycles. The number of oxazole rings is 1. The average molecular weight is 427 g/mol. The van der Waals surface area contributed by atoms with Gasteiger partial charge in [-0.15, -0.1) is 16.8 Å². The van der Waals surface area contributed by atoms with Gasteiger partial charge in [0.1, 0.15) is 5.82 Å². The molecule has 0 N–H and O–H groups in total. The van der Waals surface area contributed by atoms with Crippen molar-refractivity contribution in [2.75, 3.05) is 0 Å². The first kappa shape index (κ1) is 19.4. The Bertz CT molecular complexity index is 1160. The van der Waals surface area contributed by atoms with Gasteiger partial charge in [0.25, 0.3) is 0 Å². The first-order valence-electron chi connectivity index (χ1n) is 8.78. The zero-order chi connectivity index (χ0) is 20.2. The van der Waals surface area contributed by atoms with Crippen molar-refractivity contribution in [3.05, 3.63) is 84.1 Å². The largest absolute Gasteiger partial charge is 0.440 e. The lowest BCUT2D eigenvalue weighted by molar-refractivity contribution is 0.529. The second-order valence-corrected chi connectivity index (χ2v) is 7.48. The third kappa shape index (κ3) is 4.26.